The molecule has 0 saturated carbocycles. The van der Waals surface area contributed by atoms with E-state index in [0.717, 1.165) is 86.3 Å². The lowest BCUT2D eigenvalue weighted by molar-refractivity contribution is -0.145. The Kier molecular flexibility index (Phi) is 9.76. The number of amides is 3. The highest BCUT2D eigenvalue weighted by Crippen LogP contribution is 2.27. The van der Waals surface area contributed by atoms with Gasteiger partial charge in [-0.2, -0.15) is 0 Å². The van der Waals surface area contributed by atoms with Crippen LogP contribution in [0, 0.1) is 6.92 Å². The summed E-state index contributed by atoms with van der Waals surface area (Å²) in [6, 6.07) is 12.8. The third-order valence-corrected chi connectivity index (χ3v) is 10.5. The number of urea groups is 1. The fourth-order valence-electron chi connectivity index (χ4n) is 7.80. The molecule has 0 aliphatic carbocycles. The number of hydrogen-bond acceptors (Lipinski definition) is 8. The van der Waals surface area contributed by atoms with Gasteiger partial charge in [0.1, 0.15) is 0 Å². The Morgan fingerprint density at radius 3 is 2.50 bits per heavy atom. The molecular formula is C37H47N7O4. The van der Waals surface area contributed by atoms with Crippen molar-refractivity contribution in [3.8, 4) is 0 Å². The SMILES string of the molecule is C=C(O[C@H](Cc1cc(C)c2nccnc2c1)C(=O)N1CCN(C2CCOCC2)CC1)N1CCC(N2CCc3ccccc3NC2=O)CC1. The highest BCUT2D eigenvalue weighted by molar-refractivity contribution is 5.91. The summed E-state index contributed by atoms with van der Waals surface area (Å²) in [7, 11) is 0. The van der Waals surface area contributed by atoms with Crippen molar-refractivity contribution in [1.29, 1.82) is 0 Å². The predicted octanol–water partition coefficient (Wildman–Crippen LogP) is 4.21. The molecule has 4 aliphatic heterocycles. The van der Waals surface area contributed by atoms with Crippen molar-refractivity contribution in [2.45, 2.75) is 63.6 Å². The van der Waals surface area contributed by atoms with E-state index in [9.17, 15) is 9.59 Å². The molecule has 3 saturated heterocycles. The van der Waals surface area contributed by atoms with Crippen LogP contribution in [0.3, 0.4) is 0 Å². The number of ether oxygens (including phenoxy) is 2. The van der Waals surface area contributed by atoms with Crippen LogP contribution in [0.2, 0.25) is 0 Å². The molecular weight excluding hydrogens is 606 g/mol. The average molecular weight is 654 g/mol. The van der Waals surface area contributed by atoms with Crippen molar-refractivity contribution < 1.29 is 19.1 Å². The first kappa shape index (κ1) is 32.3. The first-order chi connectivity index (χ1) is 23.4. The minimum absolute atomic E-state index is 0.00429. The third kappa shape index (κ3) is 7.12. The summed E-state index contributed by atoms with van der Waals surface area (Å²) in [4.78, 5) is 45.0. The number of anilines is 1. The van der Waals surface area contributed by atoms with Gasteiger partial charge in [0.15, 0.2) is 12.0 Å². The molecule has 5 heterocycles. The highest BCUT2D eigenvalue weighted by atomic mass is 16.5. The van der Waals surface area contributed by atoms with Crippen LogP contribution in [0.25, 0.3) is 11.0 Å². The predicted molar refractivity (Wildman–Crippen MR) is 184 cm³/mol. The topological polar surface area (TPSA) is 103 Å². The van der Waals surface area contributed by atoms with Crippen LogP contribution in [0.4, 0.5) is 10.5 Å². The Bertz CT molecular complexity index is 1630. The number of hydrogen-bond donors (Lipinski definition) is 1. The van der Waals surface area contributed by atoms with Gasteiger partial charge in [-0.05, 0) is 74.4 Å². The van der Waals surface area contributed by atoms with Crippen LogP contribution >= 0.6 is 0 Å². The second kappa shape index (κ2) is 14.5. The van der Waals surface area contributed by atoms with Gasteiger partial charge in [-0.15, -0.1) is 0 Å². The summed E-state index contributed by atoms with van der Waals surface area (Å²) in [5, 5.41) is 3.10. The molecule has 1 aromatic heterocycles. The Morgan fingerprint density at radius 1 is 0.958 bits per heavy atom. The zero-order valence-corrected chi connectivity index (χ0v) is 28.0. The molecule has 3 aromatic rings. The molecule has 3 fully saturated rings. The maximum absolute atomic E-state index is 14.2. The maximum Gasteiger partial charge on any atom is 0.322 e. The quantitative estimate of drug-likeness (QED) is 0.361. The van der Waals surface area contributed by atoms with Gasteiger partial charge >= 0.3 is 6.03 Å². The van der Waals surface area contributed by atoms with Crippen molar-refractivity contribution in [1.82, 2.24) is 29.6 Å². The number of fused-ring (bicyclic) bond motifs is 2. The zero-order chi connectivity index (χ0) is 33.0. The summed E-state index contributed by atoms with van der Waals surface area (Å²) in [6.45, 7) is 13.2. The summed E-state index contributed by atoms with van der Waals surface area (Å²) in [5.41, 5.74) is 5.75. The molecule has 0 spiro atoms. The highest BCUT2D eigenvalue weighted by Gasteiger charge is 2.35. The number of para-hydroxylation sites is 1. The van der Waals surface area contributed by atoms with Crippen LogP contribution in [-0.2, 0) is 27.1 Å². The zero-order valence-electron chi connectivity index (χ0n) is 28.0. The monoisotopic (exact) mass is 653 g/mol. The van der Waals surface area contributed by atoms with E-state index in [1.165, 1.54) is 5.56 Å². The molecule has 254 valence electrons. The molecule has 2 aromatic carbocycles. The number of carbonyl (C=O) groups is 2. The first-order valence-electron chi connectivity index (χ1n) is 17.5. The number of rotatable bonds is 8. The number of piperazine rings is 1. The number of nitrogens with one attached hydrogen (secondary N) is 1. The summed E-state index contributed by atoms with van der Waals surface area (Å²) in [6.07, 6.45) is 7.65. The third-order valence-electron chi connectivity index (χ3n) is 10.5. The average Bonchev–Trinajstić information content (AvgIpc) is 3.29. The number of nitrogens with zero attached hydrogens (tertiary/aromatic N) is 6. The van der Waals surface area contributed by atoms with E-state index >= 15 is 0 Å². The number of carbonyl (C=O) groups excluding carboxylic acids is 2. The van der Waals surface area contributed by atoms with E-state index in [2.05, 4.69) is 43.8 Å². The Hall–Kier alpha value is -4.22. The van der Waals surface area contributed by atoms with Crippen LogP contribution in [-0.4, -0.2) is 119 Å². The van der Waals surface area contributed by atoms with Crippen molar-refractivity contribution in [3.63, 3.8) is 0 Å². The Balaban J connectivity index is 1.01. The first-order valence-corrected chi connectivity index (χ1v) is 17.5. The number of aryl methyl sites for hydroxylation is 1. The number of piperidine rings is 1. The smallest absolute Gasteiger partial charge is 0.322 e. The van der Waals surface area contributed by atoms with E-state index in [1.54, 1.807) is 12.4 Å². The van der Waals surface area contributed by atoms with E-state index < -0.39 is 6.10 Å². The van der Waals surface area contributed by atoms with Crippen LogP contribution < -0.4 is 5.32 Å². The van der Waals surface area contributed by atoms with E-state index in [4.69, 9.17) is 9.47 Å². The Morgan fingerprint density at radius 2 is 1.71 bits per heavy atom. The number of likely N-dealkylation sites (tertiary alicyclic amines) is 1. The van der Waals surface area contributed by atoms with Crippen molar-refractivity contribution in [2.24, 2.45) is 0 Å². The fraction of sp³-hybridized carbons (Fsp3) is 0.514. The minimum Gasteiger partial charge on any atom is -0.466 e. The second-order valence-electron chi connectivity index (χ2n) is 13.5. The van der Waals surface area contributed by atoms with Crippen LogP contribution in [0.1, 0.15) is 42.4 Å². The lowest BCUT2D eigenvalue weighted by atomic mass is 10.0. The van der Waals surface area contributed by atoms with Crippen molar-refractivity contribution in [2.75, 3.05) is 64.3 Å². The van der Waals surface area contributed by atoms with Gasteiger partial charge in [-0.25, -0.2) is 4.79 Å². The van der Waals surface area contributed by atoms with Crippen LogP contribution in [0.5, 0.6) is 0 Å². The maximum atomic E-state index is 14.2. The molecule has 4 aliphatic rings. The van der Waals surface area contributed by atoms with E-state index in [-0.39, 0.29) is 18.0 Å². The largest absolute Gasteiger partial charge is 0.466 e. The molecule has 11 nitrogen and oxygen atoms in total. The number of benzene rings is 2. The standard InChI is InChI=1S/C37H47N7O4/c1-26-23-28(24-33-35(26)39-13-12-38-33)25-34(36(45)43-19-17-42(18-20-43)30-10-21-47-22-11-30)48-27(2)41-14-8-31(9-15-41)44-16-7-29-5-3-4-6-32(29)40-37(44)46/h3-6,12-13,23-24,30-31,34H,2,7-11,14-22,25H2,1H3,(H,40,46)/t34-/m1/s1. The van der Waals surface area contributed by atoms with Gasteiger partial charge in [0, 0.05) is 95.6 Å². The van der Waals surface area contributed by atoms with Crippen molar-refractivity contribution in [3.05, 3.63) is 77.9 Å². The molecule has 48 heavy (non-hydrogen) atoms. The van der Waals surface area contributed by atoms with Gasteiger partial charge in [0.05, 0.1) is 11.0 Å². The second-order valence-corrected chi connectivity index (χ2v) is 13.5. The van der Waals surface area contributed by atoms with E-state index in [0.29, 0.717) is 51.1 Å². The summed E-state index contributed by atoms with van der Waals surface area (Å²) in [5.74, 6) is 0.507. The van der Waals surface area contributed by atoms with Gasteiger partial charge in [-0.1, -0.05) is 24.3 Å². The molecule has 1 atom stereocenters. The molecule has 0 unspecified atom stereocenters. The lowest BCUT2D eigenvalue weighted by Crippen LogP contribution is -2.55. The molecule has 3 amide bonds. The van der Waals surface area contributed by atoms with Gasteiger partial charge in [0.2, 0.25) is 0 Å². The summed E-state index contributed by atoms with van der Waals surface area (Å²) >= 11 is 0. The summed E-state index contributed by atoms with van der Waals surface area (Å²) < 4.78 is 12.1. The molecule has 0 radical (unpaired) electrons. The van der Waals surface area contributed by atoms with Gasteiger partial charge in [-0.3, -0.25) is 19.7 Å². The fourth-order valence-corrected chi connectivity index (χ4v) is 7.80. The van der Waals surface area contributed by atoms with Crippen LogP contribution in [0.15, 0.2) is 61.3 Å². The molecule has 11 heteroatoms. The molecule has 0 bridgehead atoms. The van der Waals surface area contributed by atoms with Crippen molar-refractivity contribution >= 4 is 28.7 Å². The molecule has 1 N–H and O–H groups in total. The van der Waals surface area contributed by atoms with Gasteiger partial charge < -0.3 is 29.5 Å². The molecule has 7 rings (SSSR count). The van der Waals surface area contributed by atoms with Gasteiger partial charge in [0.25, 0.3) is 5.91 Å². The minimum atomic E-state index is -0.715. The number of aromatic nitrogens is 2. The normalized spacial score (nSPS) is 20.6. The lowest BCUT2D eigenvalue weighted by Gasteiger charge is -2.42. The Labute approximate surface area is 282 Å². The van der Waals surface area contributed by atoms with E-state index in [1.807, 2.05) is 41.0 Å².